The average molecular weight is 159 g/mol. The number of alkyl halides is 2. The molecule has 0 saturated carbocycles. The first-order chi connectivity index (χ1) is 3.64. The maximum atomic E-state index is 11.8. The van der Waals surface area contributed by atoms with Crippen molar-refractivity contribution >= 4 is 6.41 Å². The van der Waals surface area contributed by atoms with E-state index in [1.165, 1.54) is 6.41 Å². The zero-order valence-electron chi connectivity index (χ0n) is 5.03. The van der Waals surface area contributed by atoms with Crippen molar-refractivity contribution < 1.29 is 65.0 Å². The van der Waals surface area contributed by atoms with Crippen LogP contribution in [0.4, 0.5) is 8.78 Å². The third kappa shape index (κ3) is 2.59. The first kappa shape index (κ1) is 9.97. The third-order valence-corrected chi connectivity index (χ3v) is 0.973. The van der Waals surface area contributed by atoms with Crippen LogP contribution in [0, 0.1) is 0 Å². The van der Waals surface area contributed by atoms with Crippen molar-refractivity contribution in [1.82, 2.24) is 4.90 Å². The molecule has 0 spiro atoms. The van der Waals surface area contributed by atoms with Gasteiger partial charge in [0.1, 0.15) is 0 Å². The molecule has 1 heterocycles. The Balaban J connectivity index is 0.000000640. The minimum Gasteiger partial charge on any atom is -0.520 e. The molecule has 46 valence electrons. The fourth-order valence-electron chi connectivity index (χ4n) is 0.577. The Morgan fingerprint density at radius 2 is 1.89 bits per heavy atom. The number of hydrogen-bond donors (Lipinski definition) is 0. The Bertz CT molecular complexity index is 111. The van der Waals surface area contributed by atoms with E-state index in [2.05, 4.69) is 0 Å². The molecule has 1 amide bonds. The molecule has 1 fully saturated rings. The zero-order chi connectivity index (χ0) is 6.20. The second kappa shape index (κ2) is 3.38. The number of nitrogens with zero attached hydrogens (tertiary/aromatic N) is 1. The number of rotatable bonds is 1. The molecule has 2 nitrogen and oxygen atoms in total. The van der Waals surface area contributed by atoms with Gasteiger partial charge in [-0.2, -0.15) is 6.41 Å². The van der Waals surface area contributed by atoms with Gasteiger partial charge in [0, 0.05) is 0 Å². The van der Waals surface area contributed by atoms with Crippen LogP contribution in [0.3, 0.4) is 0 Å². The van der Waals surface area contributed by atoms with E-state index in [0.29, 0.717) is 0 Å². The van der Waals surface area contributed by atoms with Gasteiger partial charge in [0.15, 0.2) is 0 Å². The summed E-state index contributed by atoms with van der Waals surface area (Å²) in [4.78, 5) is 10.4. The van der Waals surface area contributed by atoms with Crippen LogP contribution in [0.2, 0.25) is 0 Å². The Labute approximate surface area is 94.0 Å². The van der Waals surface area contributed by atoms with Gasteiger partial charge in [0.25, 0.3) is 5.92 Å². The molecule has 9 heavy (non-hydrogen) atoms. The van der Waals surface area contributed by atoms with Gasteiger partial charge in [-0.25, -0.2) is 8.78 Å². The second-order valence-corrected chi connectivity index (χ2v) is 1.80. The van der Waals surface area contributed by atoms with Crippen LogP contribution in [0.1, 0.15) is 0 Å². The van der Waals surface area contributed by atoms with E-state index in [9.17, 15) is 13.6 Å². The molecule has 0 aliphatic carbocycles. The molecular formula is C4H4F2KNO. The van der Waals surface area contributed by atoms with Crippen LogP contribution < -0.4 is 51.4 Å². The van der Waals surface area contributed by atoms with Crippen LogP contribution in [0.5, 0.6) is 0 Å². The van der Waals surface area contributed by atoms with Gasteiger partial charge in [-0.1, -0.05) is 0 Å². The van der Waals surface area contributed by atoms with Crippen LogP contribution >= 0.6 is 0 Å². The van der Waals surface area contributed by atoms with Crippen LogP contribution in [-0.4, -0.2) is 30.3 Å². The van der Waals surface area contributed by atoms with Gasteiger partial charge in [0.2, 0.25) is 0 Å². The molecule has 0 radical (unpaired) electrons. The van der Waals surface area contributed by atoms with E-state index >= 15 is 0 Å². The van der Waals surface area contributed by atoms with Crippen molar-refractivity contribution in [3.63, 3.8) is 0 Å². The fraction of sp³-hybridized carbons (Fsp3) is 0.750. The van der Waals surface area contributed by atoms with E-state index in [-0.39, 0.29) is 51.4 Å². The van der Waals surface area contributed by atoms with E-state index in [0.717, 1.165) is 4.90 Å². The summed E-state index contributed by atoms with van der Waals surface area (Å²) < 4.78 is 23.5. The van der Waals surface area contributed by atoms with Crippen molar-refractivity contribution in [2.45, 2.75) is 5.92 Å². The maximum absolute atomic E-state index is 11.8. The van der Waals surface area contributed by atoms with Crippen LogP contribution in [0.15, 0.2) is 0 Å². The Hall–Kier alpha value is 0.966. The molecule has 0 aromatic heterocycles. The van der Waals surface area contributed by atoms with E-state index in [1.54, 1.807) is 0 Å². The predicted molar refractivity (Wildman–Crippen MR) is 22.2 cm³/mol. The second-order valence-electron chi connectivity index (χ2n) is 1.80. The van der Waals surface area contributed by atoms with Crippen molar-refractivity contribution in [2.75, 3.05) is 13.1 Å². The summed E-state index contributed by atoms with van der Waals surface area (Å²) >= 11 is 0. The summed E-state index contributed by atoms with van der Waals surface area (Å²) in [5.74, 6) is -2.64. The van der Waals surface area contributed by atoms with Gasteiger partial charge in [-0.05, 0) is 0 Å². The molecule has 5 heteroatoms. The molecule has 0 unspecified atom stereocenters. The zero-order valence-corrected chi connectivity index (χ0v) is 8.15. The SMILES string of the molecule is O=[C-]N1CC(F)(F)C1.[K+]. The van der Waals surface area contributed by atoms with Gasteiger partial charge < -0.3 is 9.69 Å². The predicted octanol–water partition coefficient (Wildman–Crippen LogP) is -2.99. The van der Waals surface area contributed by atoms with E-state index < -0.39 is 19.0 Å². The topological polar surface area (TPSA) is 20.3 Å². The molecule has 0 N–H and O–H groups in total. The van der Waals surface area contributed by atoms with E-state index in [1.807, 2.05) is 0 Å². The third-order valence-electron chi connectivity index (χ3n) is 0.973. The van der Waals surface area contributed by atoms with Gasteiger partial charge in [0.05, 0.1) is 13.1 Å². The summed E-state index contributed by atoms with van der Waals surface area (Å²) in [5, 5.41) is 0. The van der Waals surface area contributed by atoms with Crippen molar-refractivity contribution in [3.8, 4) is 0 Å². The number of carbonyl (C=O) groups excluding carboxylic acids is 1. The summed E-state index contributed by atoms with van der Waals surface area (Å²) in [6.07, 6.45) is 1.36. The van der Waals surface area contributed by atoms with Crippen LogP contribution in [-0.2, 0) is 4.79 Å². The Kier molecular flexibility index (Phi) is 3.75. The number of hydrogen-bond acceptors (Lipinski definition) is 1. The molecule has 1 aliphatic rings. The van der Waals surface area contributed by atoms with Gasteiger partial charge in [-0.15, -0.1) is 0 Å². The average Bonchev–Trinajstić information content (AvgIpc) is 1.60. The van der Waals surface area contributed by atoms with E-state index in [4.69, 9.17) is 0 Å². The van der Waals surface area contributed by atoms with Gasteiger partial charge in [-0.3, -0.25) is 0 Å². The summed E-state index contributed by atoms with van der Waals surface area (Å²) in [7, 11) is 0. The minimum absolute atomic E-state index is 0. The smallest absolute Gasteiger partial charge is 0.520 e. The largest absolute Gasteiger partial charge is 1.00 e. The number of likely N-dealkylation sites (tertiary alicyclic amines) is 1. The number of amides is 1. The maximum Gasteiger partial charge on any atom is 1.00 e. The molecule has 0 bridgehead atoms. The molecule has 0 atom stereocenters. The molecule has 1 saturated heterocycles. The summed E-state index contributed by atoms with van der Waals surface area (Å²) in [5.41, 5.74) is 0. The normalized spacial score (nSPS) is 21.8. The standard InChI is InChI=1S/C4H4F2NO.K/c5-4(6)1-7(2-4)3-8;/h1-2H2;/q-1;+1. The Morgan fingerprint density at radius 1 is 1.44 bits per heavy atom. The summed E-state index contributed by atoms with van der Waals surface area (Å²) in [6, 6.07) is 0. The first-order valence-electron chi connectivity index (χ1n) is 2.15. The first-order valence-corrected chi connectivity index (χ1v) is 2.15. The quantitative estimate of drug-likeness (QED) is 0.295. The van der Waals surface area contributed by atoms with Crippen molar-refractivity contribution in [2.24, 2.45) is 0 Å². The molecule has 0 aromatic carbocycles. The summed E-state index contributed by atoms with van der Waals surface area (Å²) in [6.45, 7) is -0.924. The Morgan fingerprint density at radius 3 is 2.00 bits per heavy atom. The fourth-order valence-corrected chi connectivity index (χ4v) is 0.577. The van der Waals surface area contributed by atoms with Gasteiger partial charge >= 0.3 is 51.4 Å². The molecule has 1 aliphatic heterocycles. The molecule has 0 aromatic rings. The van der Waals surface area contributed by atoms with Crippen LogP contribution in [0.25, 0.3) is 0 Å². The molecule has 1 rings (SSSR count). The van der Waals surface area contributed by atoms with Crippen molar-refractivity contribution in [1.29, 1.82) is 0 Å². The van der Waals surface area contributed by atoms with Crippen molar-refractivity contribution in [3.05, 3.63) is 0 Å². The molecular weight excluding hydrogens is 155 g/mol. The minimum atomic E-state index is -2.64. The number of halogens is 2. The monoisotopic (exact) mass is 159 g/mol.